The second-order valence-corrected chi connectivity index (χ2v) is 10.1. The number of methoxy groups -OCH3 is 1. The van der Waals surface area contributed by atoms with E-state index in [1.165, 1.54) is 9.20 Å². The Morgan fingerprint density at radius 1 is 1.08 bits per heavy atom. The van der Waals surface area contributed by atoms with Crippen molar-refractivity contribution >= 4 is 11.4 Å². The minimum absolute atomic E-state index is 0.00996. The van der Waals surface area contributed by atoms with E-state index in [-0.39, 0.29) is 29.5 Å². The first kappa shape index (κ1) is 27.4. The molecule has 2 heterocycles. The number of fused-ring (bicyclic) bond motifs is 1. The summed E-state index contributed by atoms with van der Waals surface area (Å²) in [7, 11) is 1.66. The van der Waals surface area contributed by atoms with Crippen molar-refractivity contribution in [1.82, 2.24) is 19.4 Å². The van der Waals surface area contributed by atoms with Gasteiger partial charge in [0.15, 0.2) is 11.4 Å². The van der Waals surface area contributed by atoms with Gasteiger partial charge in [0.2, 0.25) is 11.5 Å². The molecule has 36 heavy (non-hydrogen) atoms. The van der Waals surface area contributed by atoms with Crippen LogP contribution < -0.4 is 15.1 Å². The van der Waals surface area contributed by atoms with Gasteiger partial charge < -0.3 is 14.2 Å². The highest BCUT2D eigenvalue weighted by molar-refractivity contribution is 5.96. The van der Waals surface area contributed by atoms with E-state index in [4.69, 9.17) is 19.6 Å². The third kappa shape index (κ3) is 6.51. The van der Waals surface area contributed by atoms with Gasteiger partial charge in [0.25, 0.3) is 0 Å². The summed E-state index contributed by atoms with van der Waals surface area (Å²) >= 11 is 0. The van der Waals surface area contributed by atoms with Crippen LogP contribution in [0, 0.1) is 12.3 Å². The fourth-order valence-corrected chi connectivity index (χ4v) is 3.78. The van der Waals surface area contributed by atoms with Gasteiger partial charge in [-0.25, -0.2) is 4.68 Å². The van der Waals surface area contributed by atoms with Crippen LogP contribution in [0.4, 0.5) is 0 Å². The summed E-state index contributed by atoms with van der Waals surface area (Å²) in [6.45, 7) is 13.4. The highest BCUT2D eigenvalue weighted by Gasteiger charge is 2.20. The normalized spacial score (nSPS) is 11.9. The Hall–Kier alpha value is -3.20. The number of carbonyl (C=O) groups excluding carboxylic acids is 1. The number of rotatable bonds is 12. The van der Waals surface area contributed by atoms with Gasteiger partial charge in [0.05, 0.1) is 12.7 Å². The maximum atomic E-state index is 13.3. The minimum Gasteiger partial charge on any atom is -0.493 e. The molecule has 3 rings (SSSR count). The van der Waals surface area contributed by atoms with E-state index < -0.39 is 0 Å². The molecule has 0 saturated heterocycles. The Kier molecular flexibility index (Phi) is 8.89. The monoisotopic (exact) mass is 497 g/mol. The van der Waals surface area contributed by atoms with Crippen LogP contribution in [-0.2, 0) is 16.7 Å². The van der Waals surface area contributed by atoms with Gasteiger partial charge in [-0.05, 0) is 55.0 Å². The molecule has 1 aromatic carbocycles. The lowest BCUT2D eigenvalue weighted by Gasteiger charge is -2.21. The molecule has 196 valence electrons. The molecule has 0 atom stereocenters. The molecule has 9 nitrogen and oxygen atoms in total. The van der Waals surface area contributed by atoms with E-state index in [0.717, 1.165) is 30.4 Å². The summed E-state index contributed by atoms with van der Waals surface area (Å²) in [6, 6.07) is 7.46. The van der Waals surface area contributed by atoms with Gasteiger partial charge in [0.1, 0.15) is 12.3 Å². The topological polar surface area (TPSA) is 104 Å². The van der Waals surface area contributed by atoms with Crippen LogP contribution in [-0.4, -0.2) is 51.6 Å². The molecule has 3 aromatic rings. The molecule has 2 aromatic heterocycles. The predicted octanol–water partition coefficient (Wildman–Crippen LogP) is 4.48. The first-order valence-electron chi connectivity index (χ1n) is 12.6. The quantitative estimate of drug-likeness (QED) is 0.292. The number of hydrogen-bond acceptors (Lipinski definition) is 7. The Bertz CT molecular complexity index is 1250. The zero-order chi connectivity index (χ0) is 26.5. The van der Waals surface area contributed by atoms with Crippen molar-refractivity contribution in [2.24, 2.45) is 0 Å². The maximum absolute atomic E-state index is 13.3. The summed E-state index contributed by atoms with van der Waals surface area (Å²) in [5.74, 6) is 0.970. The number of Topliss-reactive ketones (excluding diaryl/α,β-unsaturated/α-hetero) is 1. The average molecular weight is 498 g/mol. The smallest absolute Gasteiger partial charge is 0.242 e. The van der Waals surface area contributed by atoms with Gasteiger partial charge in [-0.3, -0.25) is 10.2 Å². The average Bonchev–Trinajstić information content (AvgIpc) is 3.13. The van der Waals surface area contributed by atoms with Gasteiger partial charge in [-0.1, -0.05) is 34.6 Å². The highest BCUT2D eigenvalue weighted by atomic mass is 16.5. The fourth-order valence-electron chi connectivity index (χ4n) is 3.78. The molecule has 0 fully saturated rings. The number of hydrogen-bond donors (Lipinski definition) is 1. The lowest BCUT2D eigenvalue weighted by atomic mass is 9.85. The van der Waals surface area contributed by atoms with Crippen molar-refractivity contribution in [3.8, 4) is 11.6 Å². The van der Waals surface area contributed by atoms with Crippen LogP contribution in [0.15, 0.2) is 24.3 Å². The molecule has 0 aliphatic rings. The summed E-state index contributed by atoms with van der Waals surface area (Å²) < 4.78 is 19.8. The molecule has 0 spiro atoms. The van der Waals surface area contributed by atoms with E-state index >= 15 is 0 Å². The molecular formula is C27H39N5O4. The van der Waals surface area contributed by atoms with Crippen LogP contribution in [0.5, 0.6) is 11.6 Å². The number of ether oxygens (including phenoxy) is 3. The Balaban J connectivity index is 1.89. The van der Waals surface area contributed by atoms with Crippen LogP contribution in [0.25, 0.3) is 5.65 Å². The third-order valence-corrected chi connectivity index (χ3v) is 6.10. The van der Waals surface area contributed by atoms with Crippen LogP contribution in [0.2, 0.25) is 0 Å². The van der Waals surface area contributed by atoms with Gasteiger partial charge in [0, 0.05) is 31.3 Å². The maximum Gasteiger partial charge on any atom is 0.242 e. The van der Waals surface area contributed by atoms with Crippen molar-refractivity contribution in [3.63, 3.8) is 0 Å². The van der Waals surface area contributed by atoms with Crippen molar-refractivity contribution in [2.75, 3.05) is 20.3 Å². The summed E-state index contributed by atoms with van der Waals surface area (Å²) in [5.41, 5.74) is 2.70. The molecule has 0 aliphatic heterocycles. The zero-order valence-corrected chi connectivity index (χ0v) is 22.6. The second kappa shape index (κ2) is 11.7. The van der Waals surface area contributed by atoms with E-state index in [2.05, 4.69) is 44.8 Å². The van der Waals surface area contributed by atoms with Gasteiger partial charge in [-0.2, -0.15) is 4.52 Å². The Morgan fingerprint density at radius 2 is 1.81 bits per heavy atom. The third-order valence-electron chi connectivity index (χ3n) is 6.10. The van der Waals surface area contributed by atoms with Crippen LogP contribution in [0.3, 0.4) is 0 Å². The number of aromatic nitrogens is 4. The molecule has 0 bridgehead atoms. The number of benzene rings is 1. The minimum atomic E-state index is -0.162. The summed E-state index contributed by atoms with van der Waals surface area (Å²) in [4.78, 5) is 13.3. The van der Waals surface area contributed by atoms with Crippen molar-refractivity contribution in [2.45, 2.75) is 78.9 Å². The largest absolute Gasteiger partial charge is 0.493 e. The number of ketones is 1. The van der Waals surface area contributed by atoms with Crippen molar-refractivity contribution < 1.29 is 19.0 Å². The van der Waals surface area contributed by atoms with E-state index in [1.807, 2.05) is 25.1 Å². The SMILES string of the molecule is CCC(CC)Oc1nn2c(=N)n(CC(=O)c3cc(OCCCOC)cc(C(C)(C)C)c3)nc2cc1C. The van der Waals surface area contributed by atoms with Crippen molar-refractivity contribution in [1.29, 1.82) is 5.41 Å². The number of nitrogens with one attached hydrogen (secondary N) is 1. The van der Waals surface area contributed by atoms with E-state index in [0.29, 0.717) is 36.1 Å². The van der Waals surface area contributed by atoms with Gasteiger partial charge >= 0.3 is 0 Å². The predicted molar refractivity (Wildman–Crippen MR) is 138 cm³/mol. The first-order valence-corrected chi connectivity index (χ1v) is 12.6. The fraction of sp³-hybridized carbons (Fsp3) is 0.556. The van der Waals surface area contributed by atoms with Crippen molar-refractivity contribution in [3.05, 3.63) is 46.6 Å². The van der Waals surface area contributed by atoms with E-state index in [1.54, 1.807) is 13.2 Å². The molecule has 9 heteroatoms. The lowest BCUT2D eigenvalue weighted by Crippen LogP contribution is -2.27. The molecule has 0 aliphatic carbocycles. The van der Waals surface area contributed by atoms with Crippen LogP contribution >= 0.6 is 0 Å². The molecule has 0 unspecified atom stereocenters. The molecule has 1 N–H and O–H groups in total. The summed E-state index contributed by atoms with van der Waals surface area (Å²) in [6.07, 6.45) is 2.55. The Morgan fingerprint density at radius 3 is 2.44 bits per heavy atom. The number of carbonyl (C=O) groups is 1. The zero-order valence-electron chi connectivity index (χ0n) is 22.6. The molecule has 0 amide bonds. The van der Waals surface area contributed by atoms with E-state index in [9.17, 15) is 4.79 Å². The molecular weight excluding hydrogens is 458 g/mol. The standard InChI is InChI=1S/C27H39N5O4/c1-8-21(9-2)36-25-18(3)13-24-29-31(26(28)32(24)30-25)17-23(33)19-14-20(27(4,5)6)16-22(15-19)35-12-10-11-34-7/h13-16,21,28H,8-12,17H2,1-7H3. The second-order valence-electron chi connectivity index (χ2n) is 10.1. The number of aryl methyl sites for hydroxylation is 1. The Labute approximate surface area is 212 Å². The number of nitrogens with zero attached hydrogens (tertiary/aromatic N) is 4. The molecule has 0 radical (unpaired) electrons. The summed E-state index contributed by atoms with van der Waals surface area (Å²) in [5, 5.41) is 17.6. The molecule has 0 saturated carbocycles. The lowest BCUT2D eigenvalue weighted by molar-refractivity contribution is 0.0964. The van der Waals surface area contributed by atoms with Crippen LogP contribution in [0.1, 0.15) is 75.4 Å². The highest BCUT2D eigenvalue weighted by Crippen LogP contribution is 2.28. The first-order chi connectivity index (χ1) is 17.1. The van der Waals surface area contributed by atoms with Gasteiger partial charge in [-0.15, -0.1) is 10.2 Å².